The van der Waals surface area contributed by atoms with Gasteiger partial charge in [0.1, 0.15) is 0 Å². The molecule has 100 valence electrons. The first-order valence-corrected chi connectivity index (χ1v) is 6.32. The van der Waals surface area contributed by atoms with E-state index < -0.39 is 0 Å². The number of aliphatic hydroxyl groups excluding tert-OH is 1. The fraction of sp³-hybridized carbons (Fsp3) is 0.467. The molecule has 0 fully saturated rings. The van der Waals surface area contributed by atoms with Gasteiger partial charge in [0.05, 0.1) is 6.61 Å². The van der Waals surface area contributed by atoms with Crippen molar-refractivity contribution in [1.29, 1.82) is 0 Å². The minimum absolute atomic E-state index is 0.0856. The second-order valence-corrected chi connectivity index (χ2v) is 4.06. The van der Waals surface area contributed by atoms with Crippen molar-refractivity contribution in [3.8, 4) is 0 Å². The summed E-state index contributed by atoms with van der Waals surface area (Å²) in [4.78, 5) is 0. The Kier molecular flexibility index (Phi) is 6.65. The van der Waals surface area contributed by atoms with Crippen molar-refractivity contribution < 1.29 is 14.6 Å². The van der Waals surface area contributed by atoms with Gasteiger partial charge in [-0.3, -0.25) is 0 Å². The number of hydrogen-bond donors (Lipinski definition) is 1. The zero-order chi connectivity index (χ0) is 13.4. The SMILES string of the molecule is CCOC(OCC)c1ccc(C=C(C)CO)cc1. The summed E-state index contributed by atoms with van der Waals surface area (Å²) < 4.78 is 11.1. The molecule has 0 spiro atoms. The van der Waals surface area contributed by atoms with Crippen molar-refractivity contribution in [3.05, 3.63) is 41.0 Å². The summed E-state index contributed by atoms with van der Waals surface area (Å²) >= 11 is 0. The summed E-state index contributed by atoms with van der Waals surface area (Å²) in [5, 5.41) is 8.97. The molecule has 1 N–H and O–H groups in total. The van der Waals surface area contributed by atoms with Crippen LogP contribution in [0.15, 0.2) is 29.8 Å². The number of benzene rings is 1. The van der Waals surface area contributed by atoms with Gasteiger partial charge in [-0.15, -0.1) is 0 Å². The molecule has 1 aromatic rings. The van der Waals surface area contributed by atoms with Gasteiger partial charge in [0.2, 0.25) is 0 Å². The molecule has 0 aliphatic carbocycles. The molecule has 0 heterocycles. The fourth-order valence-electron chi connectivity index (χ4n) is 1.62. The van der Waals surface area contributed by atoms with Gasteiger partial charge < -0.3 is 14.6 Å². The topological polar surface area (TPSA) is 38.7 Å². The van der Waals surface area contributed by atoms with E-state index in [1.165, 1.54) is 0 Å². The standard InChI is InChI=1S/C15H22O3/c1-4-17-15(18-5-2)14-8-6-13(7-9-14)10-12(3)11-16/h6-10,15-16H,4-5,11H2,1-3H3. The van der Waals surface area contributed by atoms with E-state index in [9.17, 15) is 0 Å². The molecule has 3 heteroatoms. The first-order valence-electron chi connectivity index (χ1n) is 6.32. The predicted octanol–water partition coefficient (Wildman–Crippen LogP) is 3.15. The minimum atomic E-state index is -0.294. The Labute approximate surface area is 109 Å². The van der Waals surface area contributed by atoms with Gasteiger partial charge >= 0.3 is 0 Å². The van der Waals surface area contributed by atoms with Crippen LogP contribution < -0.4 is 0 Å². The Hall–Kier alpha value is -1.16. The molecule has 0 aliphatic heterocycles. The van der Waals surface area contributed by atoms with Gasteiger partial charge in [-0.25, -0.2) is 0 Å². The molecule has 3 nitrogen and oxygen atoms in total. The van der Waals surface area contributed by atoms with Crippen LogP contribution in [0, 0.1) is 0 Å². The van der Waals surface area contributed by atoms with Crippen LogP contribution >= 0.6 is 0 Å². The molecular weight excluding hydrogens is 228 g/mol. The van der Waals surface area contributed by atoms with Crippen LogP contribution in [-0.2, 0) is 9.47 Å². The molecule has 0 atom stereocenters. The number of hydrogen-bond acceptors (Lipinski definition) is 3. The van der Waals surface area contributed by atoms with Crippen LogP contribution in [0.25, 0.3) is 6.08 Å². The lowest BCUT2D eigenvalue weighted by atomic mass is 10.1. The summed E-state index contributed by atoms with van der Waals surface area (Å²) in [5.74, 6) is 0. The molecule has 0 amide bonds. The molecule has 0 unspecified atom stereocenters. The highest BCUT2D eigenvalue weighted by atomic mass is 16.7. The van der Waals surface area contributed by atoms with Crippen LogP contribution in [0.2, 0.25) is 0 Å². The van der Waals surface area contributed by atoms with Crippen molar-refractivity contribution in [3.63, 3.8) is 0 Å². The molecule has 1 rings (SSSR count). The van der Waals surface area contributed by atoms with E-state index in [-0.39, 0.29) is 12.9 Å². The van der Waals surface area contributed by atoms with Crippen LogP contribution in [0.1, 0.15) is 38.2 Å². The summed E-state index contributed by atoms with van der Waals surface area (Å²) in [6.07, 6.45) is 1.66. The first kappa shape index (κ1) is 14.9. The quantitative estimate of drug-likeness (QED) is 0.755. The number of aliphatic hydroxyl groups is 1. The zero-order valence-corrected chi connectivity index (χ0v) is 11.3. The summed E-state index contributed by atoms with van der Waals surface area (Å²) in [6, 6.07) is 7.98. The molecule has 0 radical (unpaired) electrons. The van der Waals surface area contributed by atoms with Crippen molar-refractivity contribution in [2.45, 2.75) is 27.1 Å². The molecule has 0 aromatic heterocycles. The highest BCUT2D eigenvalue weighted by Gasteiger charge is 2.10. The normalized spacial score (nSPS) is 12.2. The Morgan fingerprint density at radius 2 is 1.72 bits per heavy atom. The van der Waals surface area contributed by atoms with Crippen LogP contribution in [0.3, 0.4) is 0 Å². The smallest absolute Gasteiger partial charge is 0.183 e. The Balaban J connectivity index is 2.79. The van der Waals surface area contributed by atoms with Gasteiger partial charge in [-0.05, 0) is 31.9 Å². The van der Waals surface area contributed by atoms with E-state index >= 15 is 0 Å². The van der Waals surface area contributed by atoms with Crippen molar-refractivity contribution >= 4 is 6.08 Å². The van der Waals surface area contributed by atoms with E-state index in [2.05, 4.69) is 0 Å². The molecule has 18 heavy (non-hydrogen) atoms. The molecule has 1 aromatic carbocycles. The maximum Gasteiger partial charge on any atom is 0.183 e. The van der Waals surface area contributed by atoms with E-state index in [1.807, 2.05) is 51.1 Å². The Bertz CT molecular complexity index is 362. The van der Waals surface area contributed by atoms with Crippen molar-refractivity contribution in [1.82, 2.24) is 0 Å². The maximum atomic E-state index is 8.97. The lowest BCUT2D eigenvalue weighted by Gasteiger charge is -2.17. The molecular formula is C15H22O3. The third kappa shape index (κ3) is 4.61. The minimum Gasteiger partial charge on any atom is -0.392 e. The highest BCUT2D eigenvalue weighted by Crippen LogP contribution is 2.20. The highest BCUT2D eigenvalue weighted by molar-refractivity contribution is 5.52. The van der Waals surface area contributed by atoms with Crippen molar-refractivity contribution in [2.75, 3.05) is 19.8 Å². The van der Waals surface area contributed by atoms with Crippen molar-refractivity contribution in [2.24, 2.45) is 0 Å². The van der Waals surface area contributed by atoms with Crippen LogP contribution in [0.5, 0.6) is 0 Å². The average molecular weight is 250 g/mol. The van der Waals surface area contributed by atoms with E-state index in [1.54, 1.807) is 0 Å². The third-order valence-corrected chi connectivity index (χ3v) is 2.51. The maximum absolute atomic E-state index is 8.97. The second-order valence-electron chi connectivity index (χ2n) is 4.06. The zero-order valence-electron chi connectivity index (χ0n) is 11.3. The third-order valence-electron chi connectivity index (χ3n) is 2.51. The number of rotatable bonds is 7. The molecule has 0 bridgehead atoms. The summed E-state index contributed by atoms with van der Waals surface area (Å²) in [5.41, 5.74) is 3.02. The fourth-order valence-corrected chi connectivity index (χ4v) is 1.62. The average Bonchev–Trinajstić information content (AvgIpc) is 2.39. The summed E-state index contributed by atoms with van der Waals surface area (Å²) in [6.45, 7) is 7.13. The molecule has 0 saturated heterocycles. The van der Waals surface area contributed by atoms with Crippen LogP contribution in [-0.4, -0.2) is 24.9 Å². The Morgan fingerprint density at radius 3 is 2.17 bits per heavy atom. The van der Waals surface area contributed by atoms with E-state index in [4.69, 9.17) is 14.6 Å². The first-order chi connectivity index (χ1) is 8.71. The predicted molar refractivity (Wildman–Crippen MR) is 73.2 cm³/mol. The lowest BCUT2D eigenvalue weighted by Crippen LogP contribution is -2.08. The Morgan fingerprint density at radius 1 is 1.17 bits per heavy atom. The van der Waals surface area contributed by atoms with E-state index in [0.29, 0.717) is 13.2 Å². The van der Waals surface area contributed by atoms with Gasteiger partial charge in [-0.2, -0.15) is 0 Å². The van der Waals surface area contributed by atoms with Gasteiger partial charge in [0.15, 0.2) is 6.29 Å². The van der Waals surface area contributed by atoms with Gasteiger partial charge in [0, 0.05) is 18.8 Å². The molecule has 0 aliphatic rings. The number of ether oxygens (including phenoxy) is 2. The second kappa shape index (κ2) is 8.03. The lowest BCUT2D eigenvalue weighted by molar-refractivity contribution is -0.140. The van der Waals surface area contributed by atoms with Crippen LogP contribution in [0.4, 0.5) is 0 Å². The van der Waals surface area contributed by atoms with Gasteiger partial charge in [0.25, 0.3) is 0 Å². The van der Waals surface area contributed by atoms with E-state index in [0.717, 1.165) is 16.7 Å². The monoisotopic (exact) mass is 250 g/mol. The summed E-state index contributed by atoms with van der Waals surface area (Å²) in [7, 11) is 0. The largest absolute Gasteiger partial charge is 0.392 e. The molecule has 0 saturated carbocycles. The van der Waals surface area contributed by atoms with Gasteiger partial charge in [-0.1, -0.05) is 30.3 Å².